The van der Waals surface area contributed by atoms with Crippen molar-refractivity contribution in [2.75, 3.05) is 26.7 Å². The van der Waals surface area contributed by atoms with Gasteiger partial charge in [0.1, 0.15) is 11.2 Å². The zero-order valence-electron chi connectivity index (χ0n) is 24.6. The van der Waals surface area contributed by atoms with Crippen molar-refractivity contribution in [3.8, 4) is 5.75 Å². The van der Waals surface area contributed by atoms with Crippen molar-refractivity contribution in [2.45, 2.75) is 75.4 Å². The number of piperidine rings is 2. The molecule has 7 nitrogen and oxygen atoms in total. The summed E-state index contributed by atoms with van der Waals surface area (Å²) in [6, 6.07) is 13.3. The fourth-order valence-electron chi connectivity index (χ4n) is 10.5. The number of fused-ring (bicyclic) bond motifs is 7. The van der Waals surface area contributed by atoms with Crippen molar-refractivity contribution >= 4 is 27.8 Å². The SMILES string of the molecule is CCC1CC2CN3CCc4c([nH]c5c(C6CCC7NCCc8c7n6c6ccccc86)c(O)ccc45)C(C(=O)OC)(C2)C13. The second kappa shape index (κ2) is 8.87. The van der Waals surface area contributed by atoms with Gasteiger partial charge in [-0.05, 0) is 86.2 Å². The number of rotatable bonds is 3. The first-order valence-electron chi connectivity index (χ1n) is 16.1. The van der Waals surface area contributed by atoms with Gasteiger partial charge in [-0.3, -0.25) is 9.69 Å². The maximum absolute atomic E-state index is 14.1. The lowest BCUT2D eigenvalue weighted by atomic mass is 9.56. The number of aromatic nitrogens is 2. The highest BCUT2D eigenvalue weighted by Gasteiger charge is 2.62. The average Bonchev–Trinajstić information content (AvgIpc) is 3.54. The first-order chi connectivity index (χ1) is 20.5. The van der Waals surface area contributed by atoms with Gasteiger partial charge in [-0.15, -0.1) is 0 Å². The van der Waals surface area contributed by atoms with E-state index in [2.05, 4.69) is 57.0 Å². The van der Waals surface area contributed by atoms with E-state index in [0.29, 0.717) is 23.6 Å². The number of H-pyrrole nitrogens is 1. The molecule has 3 fully saturated rings. The number of para-hydroxylation sites is 1. The zero-order valence-corrected chi connectivity index (χ0v) is 24.6. The Morgan fingerprint density at radius 3 is 2.86 bits per heavy atom. The normalized spacial score (nSPS) is 32.9. The highest BCUT2D eigenvalue weighted by atomic mass is 16.5. The molecule has 2 aromatic heterocycles. The van der Waals surface area contributed by atoms with Crippen molar-refractivity contribution in [3.63, 3.8) is 0 Å². The molecular weight excluding hydrogens is 524 g/mol. The summed E-state index contributed by atoms with van der Waals surface area (Å²) in [5.74, 6) is 1.20. The molecule has 4 bridgehead atoms. The molecule has 7 unspecified atom stereocenters. The summed E-state index contributed by atoms with van der Waals surface area (Å²) in [4.78, 5) is 20.6. The third-order valence-corrected chi connectivity index (χ3v) is 11.9. The number of hydrogen-bond acceptors (Lipinski definition) is 5. The Kier molecular flexibility index (Phi) is 5.33. The molecule has 5 aliphatic heterocycles. The maximum Gasteiger partial charge on any atom is 0.319 e. The summed E-state index contributed by atoms with van der Waals surface area (Å²) in [6.45, 7) is 5.32. The largest absolute Gasteiger partial charge is 0.508 e. The van der Waals surface area contributed by atoms with E-state index in [0.717, 1.165) is 80.3 Å². The number of aromatic hydroxyl groups is 1. The van der Waals surface area contributed by atoms with Crippen LogP contribution in [0.3, 0.4) is 0 Å². The number of phenols is 1. The molecule has 0 spiro atoms. The minimum atomic E-state index is -0.699. The second-order valence-corrected chi connectivity index (χ2v) is 13.6. The maximum atomic E-state index is 14.1. The van der Waals surface area contributed by atoms with Crippen molar-refractivity contribution in [1.82, 2.24) is 19.8 Å². The highest BCUT2D eigenvalue weighted by molar-refractivity contribution is 5.95. The van der Waals surface area contributed by atoms with Crippen molar-refractivity contribution in [2.24, 2.45) is 11.8 Å². The monoisotopic (exact) mass is 564 g/mol. The number of carbonyl (C=O) groups excluding carboxylic acids is 1. The van der Waals surface area contributed by atoms with Crippen molar-refractivity contribution < 1.29 is 14.6 Å². The van der Waals surface area contributed by atoms with E-state index in [1.807, 2.05) is 6.07 Å². The molecule has 7 atom stereocenters. The second-order valence-electron chi connectivity index (χ2n) is 13.6. The number of nitrogens with one attached hydrogen (secondary N) is 2. The van der Waals surface area contributed by atoms with E-state index in [1.54, 1.807) is 7.11 Å². The Bertz CT molecular complexity index is 1770. The summed E-state index contributed by atoms with van der Waals surface area (Å²) in [5.41, 5.74) is 7.68. The molecule has 42 heavy (non-hydrogen) atoms. The fraction of sp³-hybridized carbons (Fsp3) is 0.514. The van der Waals surface area contributed by atoms with Gasteiger partial charge in [0.25, 0.3) is 0 Å². The van der Waals surface area contributed by atoms with Crippen LogP contribution in [0.5, 0.6) is 5.75 Å². The minimum Gasteiger partial charge on any atom is -0.508 e. The molecule has 1 aliphatic carbocycles. The number of aromatic amines is 1. The molecule has 7 heteroatoms. The van der Waals surface area contributed by atoms with Gasteiger partial charge in [0, 0.05) is 58.4 Å². The molecule has 218 valence electrons. The quantitative estimate of drug-likeness (QED) is 0.287. The number of benzene rings is 2. The smallest absolute Gasteiger partial charge is 0.319 e. The van der Waals surface area contributed by atoms with Gasteiger partial charge in [0.2, 0.25) is 0 Å². The molecule has 0 radical (unpaired) electrons. The highest BCUT2D eigenvalue weighted by Crippen LogP contribution is 2.56. The van der Waals surface area contributed by atoms with E-state index in [-0.39, 0.29) is 18.1 Å². The molecule has 7 heterocycles. The lowest BCUT2D eigenvalue weighted by Crippen LogP contribution is -2.67. The molecule has 2 aromatic carbocycles. The summed E-state index contributed by atoms with van der Waals surface area (Å²) in [7, 11) is 1.56. The Labute approximate surface area is 246 Å². The van der Waals surface area contributed by atoms with Crippen LogP contribution in [-0.2, 0) is 27.8 Å². The van der Waals surface area contributed by atoms with Crippen LogP contribution in [0.1, 0.15) is 79.2 Å². The lowest BCUT2D eigenvalue weighted by Gasteiger charge is -2.57. The topological polar surface area (TPSA) is 82.5 Å². The number of ether oxygens (including phenoxy) is 1. The standard InChI is InChI=1S/C35H40N4O3/c1-3-20-16-19-17-35(34(41)42-2)32-24(13-15-38(18-19)33(20)35)22-8-11-28(40)29(30(22)37-32)27-10-9-25-31-23(12-14-36-25)21-6-4-5-7-26(21)39(27)31/h4-8,11,19-20,25,27,33,36-37,40H,3,9-10,12-18H2,1-2H3. The number of esters is 1. The van der Waals surface area contributed by atoms with Crippen LogP contribution in [-0.4, -0.2) is 58.3 Å². The Morgan fingerprint density at radius 1 is 1.12 bits per heavy atom. The summed E-state index contributed by atoms with van der Waals surface area (Å²) in [5, 5.41) is 17.9. The van der Waals surface area contributed by atoms with E-state index in [1.165, 1.54) is 34.1 Å². The Balaban J connectivity index is 1.30. The van der Waals surface area contributed by atoms with Crippen LogP contribution < -0.4 is 5.32 Å². The number of hydrogen-bond donors (Lipinski definition) is 3. The van der Waals surface area contributed by atoms with Gasteiger partial charge in [-0.25, -0.2) is 0 Å². The van der Waals surface area contributed by atoms with E-state index in [9.17, 15) is 9.90 Å². The van der Waals surface area contributed by atoms with Crippen molar-refractivity contribution in [3.05, 3.63) is 64.5 Å². The molecule has 0 amide bonds. The van der Waals surface area contributed by atoms with Crippen LogP contribution in [0.4, 0.5) is 0 Å². The number of carbonyl (C=O) groups is 1. The van der Waals surface area contributed by atoms with Crippen LogP contribution in [0.2, 0.25) is 0 Å². The molecule has 10 rings (SSSR count). The molecule has 1 saturated carbocycles. The van der Waals surface area contributed by atoms with Gasteiger partial charge in [0.15, 0.2) is 0 Å². The van der Waals surface area contributed by atoms with E-state index >= 15 is 0 Å². The third-order valence-electron chi connectivity index (χ3n) is 11.9. The number of methoxy groups -OCH3 is 1. The Morgan fingerprint density at radius 2 is 2.00 bits per heavy atom. The Hall–Kier alpha value is -3.29. The first kappa shape index (κ1) is 25.2. The van der Waals surface area contributed by atoms with Gasteiger partial charge in [-0.1, -0.05) is 31.5 Å². The lowest BCUT2D eigenvalue weighted by molar-refractivity contribution is -0.162. The summed E-state index contributed by atoms with van der Waals surface area (Å²) >= 11 is 0. The molecule has 6 aliphatic rings. The molecule has 2 saturated heterocycles. The third kappa shape index (κ3) is 3.06. The molecule has 4 aromatic rings. The number of phenolic OH excluding ortho intramolecular Hbond substituents is 1. The van der Waals surface area contributed by atoms with E-state index < -0.39 is 5.41 Å². The van der Waals surface area contributed by atoms with Crippen molar-refractivity contribution in [1.29, 1.82) is 0 Å². The predicted octanol–water partition coefficient (Wildman–Crippen LogP) is 5.49. The van der Waals surface area contributed by atoms with Gasteiger partial charge >= 0.3 is 5.97 Å². The van der Waals surface area contributed by atoms with Crippen LogP contribution in [0, 0.1) is 11.8 Å². The summed E-state index contributed by atoms with van der Waals surface area (Å²) < 4.78 is 8.20. The fourth-order valence-corrected chi connectivity index (χ4v) is 10.5. The average molecular weight is 565 g/mol. The number of nitrogens with zero attached hydrogens (tertiary/aromatic N) is 2. The predicted molar refractivity (Wildman–Crippen MR) is 163 cm³/mol. The van der Waals surface area contributed by atoms with Gasteiger partial charge in [0.05, 0.1) is 18.7 Å². The summed E-state index contributed by atoms with van der Waals surface area (Å²) in [6.07, 6.45) is 7.01. The first-order valence-corrected chi connectivity index (χ1v) is 16.1. The van der Waals surface area contributed by atoms with E-state index in [4.69, 9.17) is 4.74 Å². The molecule has 3 N–H and O–H groups in total. The van der Waals surface area contributed by atoms with Gasteiger partial charge in [-0.2, -0.15) is 0 Å². The van der Waals surface area contributed by atoms with Crippen LogP contribution in [0.25, 0.3) is 21.8 Å². The van der Waals surface area contributed by atoms with Gasteiger partial charge < -0.3 is 24.7 Å². The zero-order chi connectivity index (χ0) is 28.3. The minimum absolute atomic E-state index is 0.0116. The van der Waals surface area contributed by atoms with Crippen LogP contribution >= 0.6 is 0 Å². The molecular formula is C35H40N4O3. The van der Waals surface area contributed by atoms with Crippen LogP contribution in [0.15, 0.2) is 36.4 Å².